The molecule has 0 spiro atoms. The zero-order valence-corrected chi connectivity index (χ0v) is 20.9. The fourth-order valence-corrected chi connectivity index (χ4v) is 4.44. The fourth-order valence-electron chi connectivity index (χ4n) is 4.44. The molecule has 0 unspecified atom stereocenters. The Balaban J connectivity index is 1.42. The summed E-state index contributed by atoms with van der Waals surface area (Å²) in [5.74, 6) is 0.596. The minimum atomic E-state index is -4.48. The summed E-state index contributed by atoms with van der Waals surface area (Å²) >= 11 is 0. The summed E-state index contributed by atoms with van der Waals surface area (Å²) < 4.78 is 45.4. The summed E-state index contributed by atoms with van der Waals surface area (Å²) in [4.78, 5) is 30.1. The van der Waals surface area contributed by atoms with E-state index in [-0.39, 0.29) is 31.1 Å². The molecule has 0 radical (unpaired) electrons. The van der Waals surface area contributed by atoms with Crippen molar-refractivity contribution in [3.05, 3.63) is 54.2 Å². The van der Waals surface area contributed by atoms with E-state index in [0.717, 1.165) is 30.8 Å². The van der Waals surface area contributed by atoms with Gasteiger partial charge in [0.15, 0.2) is 5.82 Å². The van der Waals surface area contributed by atoms with Crippen LogP contribution in [0.3, 0.4) is 0 Å². The number of ether oxygens (including phenoxy) is 1. The Hall–Kier alpha value is -3.93. The van der Waals surface area contributed by atoms with E-state index in [1.165, 1.54) is 18.3 Å². The maximum Gasteiger partial charge on any atom is 0.416 e. The number of urea groups is 1. The predicted octanol–water partition coefficient (Wildman–Crippen LogP) is 4.59. The number of hydrogen-bond donors (Lipinski definition) is 2. The van der Waals surface area contributed by atoms with E-state index >= 15 is 0 Å². The van der Waals surface area contributed by atoms with Gasteiger partial charge in [-0.15, -0.1) is 0 Å². The second-order valence-electron chi connectivity index (χ2n) is 10.1. The number of pyridine rings is 1. The second kappa shape index (κ2) is 9.75. The molecule has 4 heterocycles. The molecular weight excluding hydrogens is 501 g/mol. The van der Waals surface area contributed by atoms with Crippen LogP contribution in [0.5, 0.6) is 6.01 Å². The molecule has 1 aromatic carbocycles. The summed E-state index contributed by atoms with van der Waals surface area (Å²) in [6.07, 6.45) is -2.30. The van der Waals surface area contributed by atoms with Gasteiger partial charge in [0.05, 0.1) is 36.2 Å². The van der Waals surface area contributed by atoms with Crippen molar-refractivity contribution in [2.45, 2.75) is 32.5 Å². The van der Waals surface area contributed by atoms with E-state index in [1.807, 2.05) is 13.8 Å². The number of carbonyl (C=O) groups is 1. The van der Waals surface area contributed by atoms with Crippen LogP contribution >= 0.6 is 0 Å². The van der Waals surface area contributed by atoms with Crippen molar-refractivity contribution in [1.29, 1.82) is 0 Å². The lowest BCUT2D eigenvalue weighted by atomic mass is 9.97. The Morgan fingerprint density at radius 2 is 2.00 bits per heavy atom. The highest BCUT2D eigenvalue weighted by molar-refractivity contribution is 6.04. The molecule has 12 heteroatoms. The van der Waals surface area contributed by atoms with Crippen molar-refractivity contribution >= 4 is 23.4 Å². The summed E-state index contributed by atoms with van der Waals surface area (Å²) in [6.45, 7) is 5.12. The predicted molar refractivity (Wildman–Crippen MR) is 135 cm³/mol. The Labute approximate surface area is 217 Å². The van der Waals surface area contributed by atoms with E-state index in [1.54, 1.807) is 23.1 Å². The molecule has 2 amide bonds. The molecule has 2 N–H and O–H groups in total. The van der Waals surface area contributed by atoms with E-state index in [2.05, 4.69) is 25.2 Å². The number of nitrogens with zero attached hydrogens (tertiary/aromatic N) is 5. The molecule has 9 nitrogen and oxygen atoms in total. The number of hydrogen-bond acceptors (Lipinski definition) is 7. The first-order valence-electron chi connectivity index (χ1n) is 12.1. The first kappa shape index (κ1) is 25.7. The Morgan fingerprint density at radius 1 is 1.18 bits per heavy atom. The zero-order chi connectivity index (χ0) is 27.1. The first-order chi connectivity index (χ1) is 18.0. The molecule has 5 rings (SSSR count). The Kier molecular flexibility index (Phi) is 6.59. The summed E-state index contributed by atoms with van der Waals surface area (Å²) in [5.41, 5.74) is 0.121. The monoisotopic (exact) mass is 528 g/mol. The van der Waals surface area contributed by atoms with Crippen LogP contribution in [0, 0.1) is 5.41 Å². The number of halogens is 3. The number of aliphatic hydroxyl groups is 1. The average Bonchev–Trinajstić information content (AvgIpc) is 3.31. The van der Waals surface area contributed by atoms with Gasteiger partial charge in [0.1, 0.15) is 5.82 Å². The van der Waals surface area contributed by atoms with Crippen LogP contribution in [0.25, 0.3) is 11.3 Å². The molecule has 2 aromatic heterocycles. The maximum atomic E-state index is 13.5. The van der Waals surface area contributed by atoms with Gasteiger partial charge in [-0.2, -0.15) is 18.2 Å². The number of aliphatic hydroxyl groups excluding tert-OH is 1. The smallest absolute Gasteiger partial charge is 0.416 e. The SMILES string of the molecule is CC(C)(CO)COc1nccc(NC(=O)N2c3nc(-c4cccc(C(F)(F)F)c4)ccc3N3CC[C@H]2C3)n1. The quantitative estimate of drug-likeness (QED) is 0.483. The number of anilines is 3. The molecule has 1 saturated heterocycles. The number of nitrogens with one attached hydrogen (secondary N) is 1. The molecule has 1 fully saturated rings. The minimum absolute atomic E-state index is 0.0559. The third-order valence-corrected chi connectivity index (χ3v) is 6.54. The second-order valence-corrected chi connectivity index (χ2v) is 10.1. The number of benzene rings is 1. The fraction of sp³-hybridized carbons (Fsp3) is 0.385. The molecule has 2 bridgehead atoms. The van der Waals surface area contributed by atoms with E-state index in [0.29, 0.717) is 23.6 Å². The number of fused-ring (bicyclic) bond motifs is 4. The third-order valence-electron chi connectivity index (χ3n) is 6.54. The van der Waals surface area contributed by atoms with Gasteiger partial charge < -0.3 is 14.7 Å². The van der Waals surface area contributed by atoms with Gasteiger partial charge in [-0.25, -0.2) is 14.8 Å². The first-order valence-corrected chi connectivity index (χ1v) is 12.1. The highest BCUT2D eigenvalue weighted by Gasteiger charge is 2.40. The molecule has 3 aromatic rings. The normalized spacial score (nSPS) is 16.8. The summed E-state index contributed by atoms with van der Waals surface area (Å²) in [6, 6.07) is 9.39. The zero-order valence-electron chi connectivity index (χ0n) is 20.9. The van der Waals surface area contributed by atoms with Crippen LogP contribution in [-0.2, 0) is 6.18 Å². The number of aromatic nitrogens is 3. The topological polar surface area (TPSA) is 104 Å². The van der Waals surface area contributed by atoms with Gasteiger partial charge in [-0.05, 0) is 36.8 Å². The van der Waals surface area contributed by atoms with Crippen molar-refractivity contribution in [2.24, 2.45) is 5.41 Å². The van der Waals surface area contributed by atoms with E-state index < -0.39 is 23.2 Å². The van der Waals surface area contributed by atoms with Gasteiger partial charge in [-0.3, -0.25) is 10.2 Å². The molecule has 0 aliphatic carbocycles. The Bertz CT molecular complexity index is 1350. The lowest BCUT2D eigenvalue weighted by Gasteiger charge is -2.35. The molecule has 38 heavy (non-hydrogen) atoms. The van der Waals surface area contributed by atoms with Crippen molar-refractivity contribution in [3.8, 4) is 17.3 Å². The van der Waals surface area contributed by atoms with Crippen LogP contribution in [0.1, 0.15) is 25.8 Å². The standard InChI is InChI=1S/C26H27F3N6O3/c1-25(2,14-36)15-38-23-30-10-8-21(32-23)33-24(37)35-18-9-11-34(13-18)20-7-6-19(31-22(20)35)16-4-3-5-17(12-16)26(27,28)29/h3-8,10,12,18,36H,9,11,13-15H2,1-2H3,(H,30,32,33,37)/t18-/m0/s1. The van der Waals surface area contributed by atoms with Crippen molar-refractivity contribution in [2.75, 3.05) is 41.4 Å². The molecular formula is C26H27F3N6O3. The van der Waals surface area contributed by atoms with Gasteiger partial charge in [0.2, 0.25) is 0 Å². The van der Waals surface area contributed by atoms with Crippen molar-refractivity contribution in [3.63, 3.8) is 0 Å². The maximum absolute atomic E-state index is 13.5. The average molecular weight is 529 g/mol. The lowest BCUT2D eigenvalue weighted by molar-refractivity contribution is -0.137. The van der Waals surface area contributed by atoms with Crippen LogP contribution < -0.4 is 19.9 Å². The van der Waals surface area contributed by atoms with Crippen LogP contribution in [0.15, 0.2) is 48.7 Å². The van der Waals surface area contributed by atoms with Gasteiger partial charge >= 0.3 is 18.2 Å². The number of alkyl halides is 3. The van der Waals surface area contributed by atoms with Gasteiger partial charge in [0, 0.05) is 30.3 Å². The lowest BCUT2D eigenvalue weighted by Crippen LogP contribution is -2.48. The Morgan fingerprint density at radius 3 is 2.76 bits per heavy atom. The number of carbonyl (C=O) groups excluding carboxylic acids is 1. The van der Waals surface area contributed by atoms with E-state index in [4.69, 9.17) is 4.74 Å². The molecule has 200 valence electrons. The minimum Gasteiger partial charge on any atom is -0.463 e. The van der Waals surface area contributed by atoms with Crippen molar-refractivity contribution in [1.82, 2.24) is 15.0 Å². The largest absolute Gasteiger partial charge is 0.463 e. The number of amides is 2. The molecule has 2 aliphatic rings. The molecule has 0 saturated carbocycles. The third kappa shape index (κ3) is 5.21. The van der Waals surface area contributed by atoms with Crippen LogP contribution in [0.2, 0.25) is 0 Å². The van der Waals surface area contributed by atoms with E-state index in [9.17, 15) is 23.1 Å². The van der Waals surface area contributed by atoms with Gasteiger partial charge in [-0.1, -0.05) is 26.0 Å². The highest BCUT2D eigenvalue weighted by atomic mass is 19.4. The summed E-state index contributed by atoms with van der Waals surface area (Å²) in [5, 5.41) is 12.2. The van der Waals surface area contributed by atoms with Gasteiger partial charge in [0.25, 0.3) is 0 Å². The highest BCUT2D eigenvalue weighted by Crippen LogP contribution is 2.41. The van der Waals surface area contributed by atoms with Crippen LogP contribution in [-0.4, -0.2) is 58.4 Å². The molecule has 2 aliphatic heterocycles. The number of rotatable bonds is 6. The summed E-state index contributed by atoms with van der Waals surface area (Å²) in [7, 11) is 0. The molecule has 1 atom stereocenters. The van der Waals surface area contributed by atoms with Crippen LogP contribution in [0.4, 0.5) is 35.3 Å². The van der Waals surface area contributed by atoms with Crippen molar-refractivity contribution < 1.29 is 27.8 Å².